The number of aliphatic hydroxyl groups is 1. The van der Waals surface area contributed by atoms with Crippen LogP contribution >= 0.6 is 0 Å². The maximum Gasteiger partial charge on any atom is 0.0810 e. The molecule has 1 heterocycles. The van der Waals surface area contributed by atoms with Gasteiger partial charge in [0.2, 0.25) is 0 Å². The second-order valence-corrected chi connectivity index (χ2v) is 5.05. The van der Waals surface area contributed by atoms with Crippen LogP contribution in [0, 0.1) is 0 Å². The number of anilines is 1. The molecule has 0 amide bonds. The van der Waals surface area contributed by atoms with E-state index in [9.17, 15) is 5.11 Å². The molecular weight excluding hydrogens is 200 g/mol. The molecule has 0 saturated carbocycles. The van der Waals surface area contributed by atoms with E-state index >= 15 is 0 Å². The van der Waals surface area contributed by atoms with E-state index in [1.807, 2.05) is 13.8 Å². The van der Waals surface area contributed by atoms with Gasteiger partial charge < -0.3 is 15.7 Å². The summed E-state index contributed by atoms with van der Waals surface area (Å²) in [6.07, 6.45) is 0.835. The summed E-state index contributed by atoms with van der Waals surface area (Å²) in [5.41, 5.74) is 7.58. The van der Waals surface area contributed by atoms with Gasteiger partial charge in [0, 0.05) is 24.8 Å². The third-order valence-corrected chi connectivity index (χ3v) is 3.24. The molecule has 3 N–H and O–H groups in total. The Kier molecular flexibility index (Phi) is 2.91. The molecule has 1 aliphatic heterocycles. The smallest absolute Gasteiger partial charge is 0.0810 e. The Morgan fingerprint density at radius 3 is 2.44 bits per heavy atom. The number of rotatable bonds is 2. The van der Waals surface area contributed by atoms with Crippen molar-refractivity contribution >= 4 is 5.69 Å². The van der Waals surface area contributed by atoms with Crippen LogP contribution in [0.1, 0.15) is 31.9 Å². The molecule has 1 saturated heterocycles. The fraction of sp³-hybridized carbons (Fsp3) is 0.538. The van der Waals surface area contributed by atoms with Gasteiger partial charge in [-0.25, -0.2) is 0 Å². The molecule has 0 radical (unpaired) electrons. The maximum absolute atomic E-state index is 9.91. The molecule has 3 nitrogen and oxygen atoms in total. The molecule has 0 spiro atoms. The van der Waals surface area contributed by atoms with E-state index in [2.05, 4.69) is 29.2 Å². The fourth-order valence-electron chi connectivity index (χ4n) is 2.15. The lowest BCUT2D eigenvalue weighted by Gasteiger charge is -2.21. The zero-order valence-electron chi connectivity index (χ0n) is 9.98. The van der Waals surface area contributed by atoms with Crippen LogP contribution in [0.25, 0.3) is 0 Å². The van der Waals surface area contributed by atoms with Gasteiger partial charge in [-0.05, 0) is 38.0 Å². The number of β-amino-alcohol motifs (C(OH)–C–C–N with tert-alkyl or cyclic N) is 1. The molecule has 1 aliphatic rings. The fourth-order valence-corrected chi connectivity index (χ4v) is 2.15. The standard InChI is InChI=1S/C13H20N2O/c1-10(14)11-3-5-12(6-4-11)15-8-7-13(2,16)9-15/h3-6,10,16H,7-9,14H2,1-2H3/t10-,13?/m0/s1. The van der Waals surface area contributed by atoms with Gasteiger partial charge in [0.05, 0.1) is 5.60 Å². The normalized spacial score (nSPS) is 27.1. The molecule has 2 atom stereocenters. The van der Waals surface area contributed by atoms with Gasteiger partial charge in [0.25, 0.3) is 0 Å². The molecule has 16 heavy (non-hydrogen) atoms. The minimum atomic E-state index is -0.542. The second-order valence-electron chi connectivity index (χ2n) is 5.05. The summed E-state index contributed by atoms with van der Waals surface area (Å²) in [7, 11) is 0. The quantitative estimate of drug-likeness (QED) is 0.797. The van der Waals surface area contributed by atoms with Crippen molar-refractivity contribution in [3.63, 3.8) is 0 Å². The van der Waals surface area contributed by atoms with Gasteiger partial charge in [0.1, 0.15) is 0 Å². The van der Waals surface area contributed by atoms with Gasteiger partial charge in [-0.2, -0.15) is 0 Å². The summed E-state index contributed by atoms with van der Waals surface area (Å²) in [5.74, 6) is 0. The average molecular weight is 220 g/mol. The van der Waals surface area contributed by atoms with E-state index in [0.29, 0.717) is 6.54 Å². The van der Waals surface area contributed by atoms with Gasteiger partial charge in [-0.1, -0.05) is 12.1 Å². The summed E-state index contributed by atoms with van der Waals surface area (Å²) in [6.45, 7) is 5.51. The van der Waals surface area contributed by atoms with Crippen LogP contribution in [0.2, 0.25) is 0 Å². The summed E-state index contributed by atoms with van der Waals surface area (Å²) < 4.78 is 0. The van der Waals surface area contributed by atoms with Gasteiger partial charge in [-0.3, -0.25) is 0 Å². The lowest BCUT2D eigenvalue weighted by atomic mass is 10.1. The average Bonchev–Trinajstić information content (AvgIpc) is 2.59. The lowest BCUT2D eigenvalue weighted by molar-refractivity contribution is 0.0839. The monoisotopic (exact) mass is 220 g/mol. The highest BCUT2D eigenvalue weighted by molar-refractivity contribution is 5.49. The molecular formula is C13H20N2O. The topological polar surface area (TPSA) is 49.5 Å². The van der Waals surface area contributed by atoms with Crippen molar-refractivity contribution < 1.29 is 5.11 Å². The second kappa shape index (κ2) is 4.07. The number of hydrogen-bond acceptors (Lipinski definition) is 3. The Bertz CT molecular complexity index is 357. The molecule has 88 valence electrons. The van der Waals surface area contributed by atoms with E-state index in [-0.39, 0.29) is 6.04 Å². The first kappa shape index (κ1) is 11.4. The Labute approximate surface area is 96.9 Å². The molecule has 0 aromatic heterocycles. The maximum atomic E-state index is 9.91. The van der Waals surface area contributed by atoms with Crippen LogP contribution in [0.4, 0.5) is 5.69 Å². The third-order valence-electron chi connectivity index (χ3n) is 3.24. The number of nitrogens with two attached hydrogens (primary N) is 1. The largest absolute Gasteiger partial charge is 0.388 e. The van der Waals surface area contributed by atoms with Gasteiger partial charge >= 0.3 is 0 Å². The van der Waals surface area contributed by atoms with Crippen LogP contribution in [-0.4, -0.2) is 23.8 Å². The zero-order valence-corrected chi connectivity index (χ0v) is 9.98. The van der Waals surface area contributed by atoms with E-state index in [4.69, 9.17) is 5.73 Å². The zero-order chi connectivity index (χ0) is 11.8. The third kappa shape index (κ3) is 2.36. The van der Waals surface area contributed by atoms with Gasteiger partial charge in [-0.15, -0.1) is 0 Å². The molecule has 1 fully saturated rings. The predicted molar refractivity (Wildman–Crippen MR) is 66.5 cm³/mol. The van der Waals surface area contributed by atoms with Crippen LogP contribution in [0.15, 0.2) is 24.3 Å². The Hall–Kier alpha value is -1.06. The predicted octanol–water partition coefficient (Wildman–Crippen LogP) is 1.67. The minimum Gasteiger partial charge on any atom is -0.388 e. The van der Waals surface area contributed by atoms with E-state index in [1.54, 1.807) is 0 Å². The number of nitrogens with zero attached hydrogens (tertiary/aromatic N) is 1. The van der Waals surface area contributed by atoms with Crippen molar-refractivity contribution in [1.29, 1.82) is 0 Å². The van der Waals surface area contributed by atoms with Crippen molar-refractivity contribution in [3.8, 4) is 0 Å². The van der Waals surface area contributed by atoms with Crippen molar-refractivity contribution in [1.82, 2.24) is 0 Å². The van der Waals surface area contributed by atoms with Crippen molar-refractivity contribution in [3.05, 3.63) is 29.8 Å². The highest BCUT2D eigenvalue weighted by Gasteiger charge is 2.31. The Balaban J connectivity index is 2.11. The van der Waals surface area contributed by atoms with Crippen LogP contribution in [0.3, 0.4) is 0 Å². The van der Waals surface area contributed by atoms with Crippen molar-refractivity contribution in [2.24, 2.45) is 5.73 Å². The van der Waals surface area contributed by atoms with E-state index < -0.39 is 5.60 Å². The molecule has 0 aliphatic carbocycles. The Morgan fingerprint density at radius 2 is 2.00 bits per heavy atom. The number of benzene rings is 1. The lowest BCUT2D eigenvalue weighted by Crippen LogP contribution is -2.29. The first-order valence-electron chi connectivity index (χ1n) is 5.81. The van der Waals surface area contributed by atoms with Crippen molar-refractivity contribution in [2.45, 2.75) is 31.9 Å². The van der Waals surface area contributed by atoms with Crippen LogP contribution < -0.4 is 10.6 Å². The summed E-state index contributed by atoms with van der Waals surface area (Å²) in [4.78, 5) is 2.21. The summed E-state index contributed by atoms with van der Waals surface area (Å²) in [5, 5.41) is 9.91. The van der Waals surface area contributed by atoms with Crippen molar-refractivity contribution in [2.75, 3.05) is 18.0 Å². The molecule has 1 aromatic carbocycles. The Morgan fingerprint density at radius 1 is 1.38 bits per heavy atom. The van der Waals surface area contributed by atoms with Crippen LogP contribution in [0.5, 0.6) is 0 Å². The van der Waals surface area contributed by atoms with Crippen LogP contribution in [-0.2, 0) is 0 Å². The SMILES string of the molecule is C[C@H](N)c1ccc(N2CCC(C)(O)C2)cc1. The summed E-state index contributed by atoms with van der Waals surface area (Å²) >= 11 is 0. The number of hydrogen-bond donors (Lipinski definition) is 2. The first-order valence-corrected chi connectivity index (χ1v) is 5.81. The van der Waals surface area contributed by atoms with E-state index in [0.717, 1.165) is 18.5 Å². The van der Waals surface area contributed by atoms with Gasteiger partial charge in [0.15, 0.2) is 0 Å². The first-order chi connectivity index (χ1) is 7.48. The molecule has 0 bridgehead atoms. The highest BCUT2D eigenvalue weighted by atomic mass is 16.3. The van der Waals surface area contributed by atoms with E-state index in [1.165, 1.54) is 5.69 Å². The molecule has 2 rings (SSSR count). The minimum absolute atomic E-state index is 0.0794. The summed E-state index contributed by atoms with van der Waals surface area (Å²) in [6, 6.07) is 8.37. The molecule has 3 heteroatoms. The highest BCUT2D eigenvalue weighted by Crippen LogP contribution is 2.27. The molecule has 1 unspecified atom stereocenters. The molecule has 1 aromatic rings.